The summed E-state index contributed by atoms with van der Waals surface area (Å²) in [5.41, 5.74) is 1.44. The summed E-state index contributed by atoms with van der Waals surface area (Å²) < 4.78 is 10.8. The van der Waals surface area contributed by atoms with Crippen molar-refractivity contribution in [2.75, 3.05) is 6.61 Å². The zero-order chi connectivity index (χ0) is 21.8. The summed E-state index contributed by atoms with van der Waals surface area (Å²) in [5.74, 6) is -0.259. The average Bonchev–Trinajstić information content (AvgIpc) is 2.86. The fourth-order valence-corrected chi connectivity index (χ4v) is 5.12. The molecular weight excluding hydrogens is 368 g/mol. The van der Waals surface area contributed by atoms with Gasteiger partial charge in [-0.1, -0.05) is 32.4 Å². The Morgan fingerprint density at radius 2 is 1.93 bits per heavy atom. The van der Waals surface area contributed by atoms with Crippen LogP contribution >= 0.6 is 0 Å². The van der Waals surface area contributed by atoms with E-state index in [1.165, 1.54) is 13.8 Å². The number of rotatable bonds is 4. The fourth-order valence-electron chi connectivity index (χ4n) is 5.12. The number of carbonyl (C=O) groups is 2. The second kappa shape index (κ2) is 9.46. The Bertz CT molecular complexity index is 677. The molecule has 1 N–H and O–H groups in total. The highest BCUT2D eigenvalue weighted by Gasteiger charge is 2.54. The van der Waals surface area contributed by atoms with Crippen molar-refractivity contribution in [1.82, 2.24) is 0 Å². The van der Waals surface area contributed by atoms with Gasteiger partial charge in [0, 0.05) is 20.3 Å². The van der Waals surface area contributed by atoms with E-state index in [2.05, 4.69) is 33.8 Å². The molecule has 1 fully saturated rings. The summed E-state index contributed by atoms with van der Waals surface area (Å²) in [7, 11) is 0. The average molecular weight is 407 g/mol. The Morgan fingerprint density at radius 3 is 2.52 bits per heavy atom. The van der Waals surface area contributed by atoms with Crippen LogP contribution in [0.4, 0.5) is 0 Å². The highest BCUT2D eigenvalue weighted by molar-refractivity contribution is 5.66. The molecule has 0 aromatic heterocycles. The first-order valence-electron chi connectivity index (χ1n) is 10.8. The first-order valence-corrected chi connectivity index (χ1v) is 10.8. The van der Waals surface area contributed by atoms with Crippen molar-refractivity contribution in [3.8, 4) is 0 Å². The molecule has 0 bridgehead atoms. The molecule has 29 heavy (non-hydrogen) atoms. The first-order chi connectivity index (χ1) is 13.5. The van der Waals surface area contributed by atoms with Crippen LogP contribution in [-0.4, -0.2) is 35.4 Å². The topological polar surface area (TPSA) is 72.8 Å². The van der Waals surface area contributed by atoms with E-state index in [9.17, 15) is 14.7 Å². The molecule has 2 rings (SSSR count). The van der Waals surface area contributed by atoms with Gasteiger partial charge < -0.3 is 14.6 Å². The largest absolute Gasteiger partial charge is 0.461 e. The van der Waals surface area contributed by atoms with E-state index in [0.717, 1.165) is 43.3 Å². The zero-order valence-electron chi connectivity index (χ0n) is 18.9. The lowest BCUT2D eigenvalue weighted by Gasteiger charge is -2.41. The summed E-state index contributed by atoms with van der Waals surface area (Å²) >= 11 is 0. The lowest BCUT2D eigenvalue weighted by Crippen LogP contribution is -2.43. The third-order valence-corrected chi connectivity index (χ3v) is 6.94. The molecule has 0 amide bonds. The number of hydrogen-bond donors (Lipinski definition) is 1. The van der Waals surface area contributed by atoms with Crippen LogP contribution in [0.3, 0.4) is 0 Å². The van der Waals surface area contributed by atoms with Crippen molar-refractivity contribution in [2.24, 2.45) is 17.3 Å². The van der Waals surface area contributed by atoms with E-state index in [1.807, 2.05) is 6.08 Å². The molecule has 2 aliphatic rings. The highest BCUT2D eigenvalue weighted by Crippen LogP contribution is 2.56. The van der Waals surface area contributed by atoms with Crippen LogP contribution in [0.1, 0.15) is 80.1 Å². The second-order valence-electron chi connectivity index (χ2n) is 9.60. The predicted molar refractivity (Wildman–Crippen MR) is 113 cm³/mol. The van der Waals surface area contributed by atoms with E-state index in [0.29, 0.717) is 6.42 Å². The van der Waals surface area contributed by atoms with Gasteiger partial charge in [-0.05, 0) is 67.9 Å². The molecule has 2 aliphatic carbocycles. The van der Waals surface area contributed by atoms with Gasteiger partial charge in [0.05, 0.1) is 5.60 Å². The van der Waals surface area contributed by atoms with Crippen LogP contribution in [0.2, 0.25) is 0 Å². The molecule has 5 nitrogen and oxygen atoms in total. The molecule has 164 valence electrons. The predicted octanol–water partition coefficient (Wildman–Crippen LogP) is 4.73. The maximum Gasteiger partial charge on any atom is 0.303 e. The van der Waals surface area contributed by atoms with Crippen LogP contribution in [0.25, 0.3) is 0 Å². The molecule has 0 heterocycles. The van der Waals surface area contributed by atoms with E-state index < -0.39 is 5.60 Å². The number of carbonyl (C=O) groups excluding carboxylic acids is 2. The lowest BCUT2D eigenvalue weighted by atomic mass is 9.67. The van der Waals surface area contributed by atoms with Crippen molar-refractivity contribution in [3.63, 3.8) is 0 Å². The lowest BCUT2D eigenvalue weighted by molar-refractivity contribution is -0.145. The van der Waals surface area contributed by atoms with Gasteiger partial charge in [-0.3, -0.25) is 9.59 Å². The van der Waals surface area contributed by atoms with Crippen LogP contribution in [0, 0.1) is 17.3 Å². The van der Waals surface area contributed by atoms with Gasteiger partial charge in [0.25, 0.3) is 0 Å². The van der Waals surface area contributed by atoms with Gasteiger partial charge in [-0.2, -0.15) is 0 Å². The van der Waals surface area contributed by atoms with E-state index in [1.54, 1.807) is 0 Å². The van der Waals surface area contributed by atoms with Crippen LogP contribution in [0.15, 0.2) is 23.3 Å². The molecule has 0 saturated heterocycles. The third kappa shape index (κ3) is 5.94. The molecule has 0 unspecified atom stereocenters. The van der Waals surface area contributed by atoms with Gasteiger partial charge in [0.1, 0.15) is 12.7 Å². The molecule has 1 saturated carbocycles. The Balaban J connectivity index is 2.40. The van der Waals surface area contributed by atoms with Gasteiger partial charge in [-0.25, -0.2) is 0 Å². The first kappa shape index (κ1) is 23.7. The summed E-state index contributed by atoms with van der Waals surface area (Å²) in [5, 5.41) is 11.5. The molecule has 4 atom stereocenters. The minimum absolute atomic E-state index is 0.0119. The summed E-state index contributed by atoms with van der Waals surface area (Å²) in [6, 6.07) is 0. The van der Waals surface area contributed by atoms with Gasteiger partial charge in [0.15, 0.2) is 0 Å². The molecular formula is C24H38O5. The Labute approximate surface area is 175 Å². The number of esters is 2. The molecule has 0 aromatic rings. The Kier molecular flexibility index (Phi) is 7.72. The molecule has 5 heteroatoms. The second-order valence-corrected chi connectivity index (χ2v) is 9.60. The minimum atomic E-state index is -0.664. The number of fused-ring (bicyclic) bond motifs is 1. The van der Waals surface area contributed by atoms with Crippen molar-refractivity contribution < 1.29 is 24.2 Å². The van der Waals surface area contributed by atoms with Crippen LogP contribution in [0.5, 0.6) is 0 Å². The molecule has 0 aliphatic heterocycles. The third-order valence-electron chi connectivity index (χ3n) is 6.94. The minimum Gasteiger partial charge on any atom is -0.461 e. The number of hydrogen-bond acceptors (Lipinski definition) is 5. The van der Waals surface area contributed by atoms with E-state index in [4.69, 9.17) is 9.47 Å². The summed E-state index contributed by atoms with van der Waals surface area (Å²) in [4.78, 5) is 22.9. The highest BCUT2D eigenvalue weighted by atomic mass is 16.5. The van der Waals surface area contributed by atoms with E-state index in [-0.39, 0.29) is 41.9 Å². The maximum absolute atomic E-state index is 11.6. The number of ether oxygens (including phenoxy) is 2. The van der Waals surface area contributed by atoms with Crippen molar-refractivity contribution >= 4 is 11.9 Å². The SMILES string of the molecule is CC(=O)OC/C1=C\C[C@@]2(C)CC[C@@](O)(C(C)C)[C@@H]2CC/C(C)=C/[C@@H](OC(C)=O)C1. The maximum atomic E-state index is 11.6. The smallest absolute Gasteiger partial charge is 0.303 e. The van der Waals surface area contributed by atoms with Crippen molar-refractivity contribution in [3.05, 3.63) is 23.3 Å². The van der Waals surface area contributed by atoms with Gasteiger partial charge >= 0.3 is 11.9 Å². The quantitative estimate of drug-likeness (QED) is 0.540. The van der Waals surface area contributed by atoms with Crippen molar-refractivity contribution in [1.29, 1.82) is 0 Å². The zero-order valence-corrected chi connectivity index (χ0v) is 18.9. The van der Waals surface area contributed by atoms with Crippen molar-refractivity contribution in [2.45, 2.75) is 91.8 Å². The summed E-state index contributed by atoms with van der Waals surface area (Å²) in [6.45, 7) is 11.6. The molecule has 0 radical (unpaired) electrons. The fraction of sp³-hybridized carbons (Fsp3) is 0.750. The molecule has 0 spiro atoms. The van der Waals surface area contributed by atoms with Crippen LogP contribution in [-0.2, 0) is 19.1 Å². The van der Waals surface area contributed by atoms with Crippen LogP contribution < -0.4 is 0 Å². The standard InChI is InChI=1S/C24H38O5/c1-16(2)24(27)12-11-23(6)10-9-20(15-28-18(4)25)14-21(29-19(5)26)13-17(3)7-8-22(23)24/h9,13,16,21-22,27H,7-8,10-12,14-15H2,1-6H3/b17-13+,20-9-/t21-,22-,23+,24-/m1/s1. The summed E-state index contributed by atoms with van der Waals surface area (Å²) in [6.07, 6.45) is 8.68. The van der Waals surface area contributed by atoms with Gasteiger partial charge in [0.2, 0.25) is 0 Å². The normalized spacial score (nSPS) is 36.8. The van der Waals surface area contributed by atoms with Gasteiger partial charge in [-0.15, -0.1) is 0 Å². The number of aliphatic hydroxyl groups is 1. The number of allylic oxidation sites excluding steroid dienone is 2. The monoisotopic (exact) mass is 406 g/mol. The Morgan fingerprint density at radius 1 is 1.24 bits per heavy atom. The van der Waals surface area contributed by atoms with E-state index >= 15 is 0 Å². The Hall–Kier alpha value is -1.62. The molecule has 0 aromatic carbocycles.